The second-order valence-corrected chi connectivity index (χ2v) is 8.53. The zero-order valence-corrected chi connectivity index (χ0v) is 13.7. The minimum Gasteiger partial charge on any atom is -0.243 e. The van der Waals surface area contributed by atoms with Crippen LogP contribution in [0.2, 0.25) is 0 Å². The van der Waals surface area contributed by atoms with Gasteiger partial charge in [0.2, 0.25) is 0 Å². The van der Waals surface area contributed by atoms with Gasteiger partial charge in [-0.2, -0.15) is 4.31 Å². The third-order valence-electron chi connectivity index (χ3n) is 5.41. The largest absolute Gasteiger partial charge is 0.260 e. The molecule has 2 aromatic rings. The predicted octanol–water partition coefficient (Wildman–Crippen LogP) is 3.04. The van der Waals surface area contributed by atoms with Crippen LogP contribution in [0, 0.1) is 5.41 Å². The van der Waals surface area contributed by atoms with Gasteiger partial charge in [-0.15, -0.1) is 0 Å². The SMILES string of the molecule is O=S(=O)(c1ccccn1)N1CC(c2ccccc2)C2(CCC2)C1. The number of hydrogen-bond donors (Lipinski definition) is 0. The maximum atomic E-state index is 12.9. The topological polar surface area (TPSA) is 50.3 Å². The molecular formula is C18H20N2O2S. The van der Waals surface area contributed by atoms with E-state index in [-0.39, 0.29) is 16.4 Å². The Hall–Kier alpha value is -1.72. The number of benzene rings is 1. The van der Waals surface area contributed by atoms with Crippen molar-refractivity contribution in [3.05, 3.63) is 60.3 Å². The lowest BCUT2D eigenvalue weighted by molar-refractivity contribution is 0.131. The summed E-state index contributed by atoms with van der Waals surface area (Å²) in [6, 6.07) is 15.4. The van der Waals surface area contributed by atoms with E-state index >= 15 is 0 Å². The smallest absolute Gasteiger partial charge is 0.243 e. The fraction of sp³-hybridized carbons (Fsp3) is 0.389. The summed E-state index contributed by atoms with van der Waals surface area (Å²) < 4.78 is 27.5. The average Bonchev–Trinajstić information content (AvgIpc) is 2.98. The highest BCUT2D eigenvalue weighted by atomic mass is 32.2. The van der Waals surface area contributed by atoms with E-state index < -0.39 is 10.0 Å². The monoisotopic (exact) mass is 328 g/mol. The van der Waals surface area contributed by atoms with Crippen molar-refractivity contribution < 1.29 is 8.42 Å². The van der Waals surface area contributed by atoms with Crippen LogP contribution in [0.1, 0.15) is 30.7 Å². The van der Waals surface area contributed by atoms with Gasteiger partial charge in [-0.3, -0.25) is 0 Å². The first kappa shape index (κ1) is 14.8. The number of aromatic nitrogens is 1. The molecule has 1 saturated carbocycles. The summed E-state index contributed by atoms with van der Waals surface area (Å²) in [5, 5.41) is 0.156. The Morgan fingerprint density at radius 3 is 2.39 bits per heavy atom. The molecule has 2 aliphatic rings. The molecule has 4 nitrogen and oxygen atoms in total. The summed E-state index contributed by atoms with van der Waals surface area (Å²) in [5.41, 5.74) is 1.37. The molecule has 4 rings (SSSR count). The fourth-order valence-electron chi connectivity index (χ4n) is 4.02. The number of sulfonamides is 1. The first-order valence-corrected chi connectivity index (χ1v) is 9.52. The standard InChI is InChI=1S/C18H20N2O2S/c21-23(22,17-9-4-5-12-19-17)20-13-16(15-7-2-1-3-8-15)18(14-20)10-6-11-18/h1-5,7-9,12,16H,6,10-11,13-14H2. The van der Waals surface area contributed by atoms with Crippen molar-refractivity contribution in [1.29, 1.82) is 0 Å². The Balaban J connectivity index is 1.68. The molecule has 120 valence electrons. The van der Waals surface area contributed by atoms with Crippen molar-refractivity contribution in [3.8, 4) is 0 Å². The van der Waals surface area contributed by atoms with E-state index in [1.165, 1.54) is 18.2 Å². The van der Waals surface area contributed by atoms with Crippen LogP contribution in [-0.2, 0) is 10.0 Å². The summed E-state index contributed by atoms with van der Waals surface area (Å²) in [6.45, 7) is 1.17. The Labute approximate surface area is 137 Å². The second kappa shape index (κ2) is 5.42. The maximum absolute atomic E-state index is 12.9. The number of hydrogen-bond acceptors (Lipinski definition) is 3. The van der Waals surface area contributed by atoms with E-state index in [1.807, 2.05) is 18.2 Å². The molecule has 1 unspecified atom stereocenters. The quantitative estimate of drug-likeness (QED) is 0.870. The van der Waals surface area contributed by atoms with Crippen LogP contribution in [-0.4, -0.2) is 30.8 Å². The molecule has 0 amide bonds. The van der Waals surface area contributed by atoms with E-state index in [0.29, 0.717) is 13.1 Å². The molecule has 1 aliphatic carbocycles. The van der Waals surface area contributed by atoms with Gasteiger partial charge in [-0.25, -0.2) is 13.4 Å². The van der Waals surface area contributed by atoms with Crippen LogP contribution < -0.4 is 0 Å². The van der Waals surface area contributed by atoms with Gasteiger partial charge in [0.25, 0.3) is 10.0 Å². The highest BCUT2D eigenvalue weighted by Crippen LogP contribution is 2.56. The highest BCUT2D eigenvalue weighted by molar-refractivity contribution is 7.89. The Morgan fingerprint density at radius 1 is 1.04 bits per heavy atom. The third kappa shape index (κ3) is 2.39. The molecule has 1 aromatic heterocycles. The summed E-state index contributed by atoms with van der Waals surface area (Å²) >= 11 is 0. The molecular weight excluding hydrogens is 308 g/mol. The molecule has 23 heavy (non-hydrogen) atoms. The average molecular weight is 328 g/mol. The number of pyridine rings is 1. The van der Waals surface area contributed by atoms with Crippen LogP contribution >= 0.6 is 0 Å². The Morgan fingerprint density at radius 2 is 1.78 bits per heavy atom. The highest BCUT2D eigenvalue weighted by Gasteiger charge is 2.53. The summed E-state index contributed by atoms with van der Waals surface area (Å²) in [5.74, 6) is 0.288. The van der Waals surface area contributed by atoms with Crippen LogP contribution in [0.5, 0.6) is 0 Å². The van der Waals surface area contributed by atoms with Gasteiger partial charge in [0.15, 0.2) is 5.03 Å². The van der Waals surface area contributed by atoms with Gasteiger partial charge in [-0.05, 0) is 36.0 Å². The molecule has 2 fully saturated rings. The van der Waals surface area contributed by atoms with Gasteiger partial charge in [0.1, 0.15) is 0 Å². The van der Waals surface area contributed by atoms with Gasteiger partial charge < -0.3 is 0 Å². The van der Waals surface area contributed by atoms with Crippen LogP contribution in [0.4, 0.5) is 0 Å². The molecule has 5 heteroatoms. The van der Waals surface area contributed by atoms with Crippen LogP contribution in [0.15, 0.2) is 59.8 Å². The van der Waals surface area contributed by atoms with Crippen molar-refractivity contribution in [2.45, 2.75) is 30.2 Å². The minimum absolute atomic E-state index is 0.114. The van der Waals surface area contributed by atoms with Gasteiger partial charge >= 0.3 is 0 Å². The third-order valence-corrected chi connectivity index (χ3v) is 7.14. The number of nitrogens with zero attached hydrogens (tertiary/aromatic N) is 2. The molecule has 0 N–H and O–H groups in total. The Kier molecular flexibility index (Phi) is 3.50. The van der Waals surface area contributed by atoms with Crippen molar-refractivity contribution >= 4 is 10.0 Å². The summed E-state index contributed by atoms with van der Waals surface area (Å²) in [4.78, 5) is 4.05. The first-order valence-electron chi connectivity index (χ1n) is 8.08. The Bertz CT molecular complexity index is 786. The van der Waals surface area contributed by atoms with E-state index in [4.69, 9.17) is 0 Å². The van der Waals surface area contributed by atoms with Gasteiger partial charge in [0.05, 0.1) is 0 Å². The molecule has 2 heterocycles. The summed E-state index contributed by atoms with van der Waals surface area (Å²) in [6.07, 6.45) is 4.96. The maximum Gasteiger partial charge on any atom is 0.260 e. The van der Waals surface area contributed by atoms with Gasteiger partial charge in [-0.1, -0.05) is 42.8 Å². The molecule has 1 aromatic carbocycles. The van der Waals surface area contributed by atoms with E-state index in [1.54, 1.807) is 22.5 Å². The lowest BCUT2D eigenvalue weighted by Gasteiger charge is -2.43. The van der Waals surface area contributed by atoms with Crippen molar-refractivity contribution in [2.75, 3.05) is 13.1 Å². The summed E-state index contributed by atoms with van der Waals surface area (Å²) in [7, 11) is -3.50. The molecule has 0 bridgehead atoms. The normalized spacial score (nSPS) is 23.7. The van der Waals surface area contributed by atoms with Crippen LogP contribution in [0.3, 0.4) is 0 Å². The second-order valence-electron chi connectivity index (χ2n) is 6.64. The first-order chi connectivity index (χ1) is 11.1. The molecule has 0 radical (unpaired) electrons. The molecule has 1 spiro atoms. The van der Waals surface area contributed by atoms with E-state index in [9.17, 15) is 8.42 Å². The zero-order valence-electron chi connectivity index (χ0n) is 12.9. The van der Waals surface area contributed by atoms with Gasteiger partial charge in [0, 0.05) is 25.2 Å². The van der Waals surface area contributed by atoms with Crippen molar-refractivity contribution in [1.82, 2.24) is 9.29 Å². The van der Waals surface area contributed by atoms with E-state index in [0.717, 1.165) is 12.8 Å². The fourth-order valence-corrected chi connectivity index (χ4v) is 5.50. The molecule has 1 saturated heterocycles. The van der Waals surface area contributed by atoms with Crippen LogP contribution in [0.25, 0.3) is 0 Å². The predicted molar refractivity (Wildman–Crippen MR) is 88.5 cm³/mol. The molecule has 1 aliphatic heterocycles. The number of rotatable bonds is 3. The van der Waals surface area contributed by atoms with E-state index in [2.05, 4.69) is 17.1 Å². The lowest BCUT2D eigenvalue weighted by atomic mass is 9.61. The minimum atomic E-state index is -3.50. The zero-order chi connectivity index (χ0) is 15.9. The van der Waals surface area contributed by atoms with Crippen molar-refractivity contribution in [2.24, 2.45) is 5.41 Å². The molecule has 1 atom stereocenters. The van der Waals surface area contributed by atoms with Crippen molar-refractivity contribution in [3.63, 3.8) is 0 Å². The lowest BCUT2D eigenvalue weighted by Crippen LogP contribution is -2.37.